The van der Waals surface area contributed by atoms with Gasteiger partial charge in [0.05, 0.1) is 17.7 Å². The number of nitrogens with one attached hydrogen (secondary N) is 1. The number of hydrogen-bond donors (Lipinski definition) is 1. The predicted molar refractivity (Wildman–Crippen MR) is 105 cm³/mol. The number of thiazole rings is 1. The highest BCUT2D eigenvalue weighted by Gasteiger charge is 2.07. The Morgan fingerprint density at radius 1 is 1.23 bits per heavy atom. The average molecular weight is 406 g/mol. The fourth-order valence-corrected chi connectivity index (χ4v) is 3.72. The fraction of sp³-hybridized carbons (Fsp3) is 0.0556. The molecule has 0 atom stereocenters. The molecular weight excluding hydrogens is 393 g/mol. The second-order valence-electron chi connectivity index (χ2n) is 5.14. The molecule has 3 rings (SSSR count). The molecule has 0 aliphatic rings. The van der Waals surface area contributed by atoms with Gasteiger partial charge in [0, 0.05) is 16.0 Å². The summed E-state index contributed by atoms with van der Waals surface area (Å²) in [6.07, 6.45) is 1.46. The van der Waals surface area contributed by atoms with Crippen molar-refractivity contribution in [3.05, 3.63) is 70.3 Å². The van der Waals surface area contributed by atoms with Gasteiger partial charge in [-0.05, 0) is 29.8 Å². The molecule has 0 aliphatic heterocycles. The van der Waals surface area contributed by atoms with Crippen LogP contribution in [0, 0.1) is 5.82 Å². The first-order valence-electron chi connectivity index (χ1n) is 7.52. The highest BCUT2D eigenvalue weighted by molar-refractivity contribution is 8.01. The van der Waals surface area contributed by atoms with Crippen molar-refractivity contribution >= 4 is 46.8 Å². The third-order valence-corrected chi connectivity index (χ3v) is 5.50. The summed E-state index contributed by atoms with van der Waals surface area (Å²) in [5.74, 6) is -0.352. The topological polar surface area (TPSA) is 54.4 Å². The summed E-state index contributed by atoms with van der Waals surface area (Å²) in [7, 11) is 0. The summed E-state index contributed by atoms with van der Waals surface area (Å²) in [4.78, 5) is 16.3. The smallest absolute Gasteiger partial charge is 0.250 e. The van der Waals surface area contributed by atoms with Gasteiger partial charge in [-0.3, -0.25) is 4.79 Å². The van der Waals surface area contributed by atoms with E-state index in [4.69, 9.17) is 11.6 Å². The number of hydrazone groups is 1. The molecule has 1 amide bonds. The van der Waals surface area contributed by atoms with E-state index >= 15 is 0 Å². The Kier molecular flexibility index (Phi) is 6.38. The molecule has 2 aromatic carbocycles. The fourth-order valence-electron chi connectivity index (χ4n) is 1.96. The lowest BCUT2D eigenvalue weighted by Gasteiger charge is -1.98. The van der Waals surface area contributed by atoms with Crippen LogP contribution in [0.2, 0.25) is 5.02 Å². The Bertz CT molecular complexity index is 911. The normalized spacial score (nSPS) is 11.0. The molecule has 0 spiro atoms. The van der Waals surface area contributed by atoms with Gasteiger partial charge in [-0.15, -0.1) is 11.3 Å². The SMILES string of the molecule is O=C(CSc1nc(-c2ccc(Cl)cc2)cs1)NN=Cc1ccc(F)cc1. The lowest BCUT2D eigenvalue weighted by atomic mass is 10.2. The number of nitrogens with zero attached hydrogens (tertiary/aromatic N) is 2. The van der Waals surface area contributed by atoms with Gasteiger partial charge in [0.1, 0.15) is 5.82 Å². The average Bonchev–Trinajstić information content (AvgIpc) is 3.11. The summed E-state index contributed by atoms with van der Waals surface area (Å²) in [5.41, 5.74) is 4.97. The van der Waals surface area contributed by atoms with Gasteiger partial charge in [-0.1, -0.05) is 47.6 Å². The standard InChI is InChI=1S/C18H13ClFN3OS2/c19-14-5-3-13(4-6-14)16-10-25-18(22-16)26-11-17(24)23-21-9-12-1-7-15(20)8-2-12/h1-10H,11H2,(H,23,24). The highest BCUT2D eigenvalue weighted by Crippen LogP contribution is 2.28. The van der Waals surface area contributed by atoms with Gasteiger partial charge in [0.2, 0.25) is 0 Å². The molecule has 0 saturated carbocycles. The van der Waals surface area contributed by atoms with E-state index < -0.39 is 0 Å². The van der Waals surface area contributed by atoms with Crippen molar-refractivity contribution in [2.75, 3.05) is 5.75 Å². The molecule has 4 nitrogen and oxygen atoms in total. The summed E-state index contributed by atoms with van der Waals surface area (Å²) in [6.45, 7) is 0. The quantitative estimate of drug-likeness (QED) is 0.362. The van der Waals surface area contributed by atoms with Crippen LogP contribution in [0.5, 0.6) is 0 Å². The van der Waals surface area contributed by atoms with Crippen molar-refractivity contribution in [3.63, 3.8) is 0 Å². The van der Waals surface area contributed by atoms with Crippen LogP contribution in [0.15, 0.2) is 63.4 Å². The van der Waals surface area contributed by atoms with Gasteiger partial charge < -0.3 is 0 Å². The van der Waals surface area contributed by atoms with Crippen LogP contribution < -0.4 is 5.43 Å². The van der Waals surface area contributed by atoms with Crippen molar-refractivity contribution in [2.45, 2.75) is 4.34 Å². The number of amides is 1. The molecular formula is C18H13ClFN3OS2. The molecule has 3 aromatic rings. The maximum absolute atomic E-state index is 12.8. The summed E-state index contributed by atoms with van der Waals surface area (Å²) >= 11 is 8.70. The van der Waals surface area contributed by atoms with Gasteiger partial charge in [0.15, 0.2) is 4.34 Å². The third kappa shape index (κ3) is 5.39. The van der Waals surface area contributed by atoms with E-state index in [9.17, 15) is 9.18 Å². The Morgan fingerprint density at radius 2 is 1.96 bits per heavy atom. The second-order valence-corrected chi connectivity index (χ2v) is 7.66. The molecule has 0 saturated heterocycles. The van der Waals surface area contributed by atoms with Crippen molar-refractivity contribution < 1.29 is 9.18 Å². The summed E-state index contributed by atoms with van der Waals surface area (Å²) < 4.78 is 13.6. The first-order chi connectivity index (χ1) is 12.6. The van der Waals surface area contributed by atoms with Crippen molar-refractivity contribution in [2.24, 2.45) is 5.10 Å². The first-order valence-corrected chi connectivity index (χ1v) is 9.76. The summed E-state index contributed by atoms with van der Waals surface area (Å²) in [6, 6.07) is 13.3. The van der Waals surface area contributed by atoms with Gasteiger partial charge in [0.25, 0.3) is 5.91 Å². The van der Waals surface area contributed by atoms with E-state index in [1.54, 1.807) is 12.1 Å². The molecule has 1 aromatic heterocycles. The van der Waals surface area contributed by atoms with Crippen molar-refractivity contribution in [1.82, 2.24) is 10.4 Å². The zero-order chi connectivity index (χ0) is 18.4. The maximum Gasteiger partial charge on any atom is 0.250 e. The van der Waals surface area contributed by atoms with Crippen LogP contribution >= 0.6 is 34.7 Å². The number of rotatable bonds is 6. The largest absolute Gasteiger partial charge is 0.272 e. The molecule has 1 N–H and O–H groups in total. The Hall–Kier alpha value is -2.22. The number of benzene rings is 2. The highest BCUT2D eigenvalue weighted by atomic mass is 35.5. The first kappa shape index (κ1) is 18.6. The van der Waals surface area contributed by atoms with Crippen LogP contribution in [-0.4, -0.2) is 22.9 Å². The van der Waals surface area contributed by atoms with E-state index in [1.165, 1.54) is 41.4 Å². The van der Waals surface area contributed by atoms with Crippen LogP contribution in [0.4, 0.5) is 4.39 Å². The van der Waals surface area contributed by atoms with E-state index in [2.05, 4.69) is 15.5 Å². The molecule has 0 fully saturated rings. The van der Waals surface area contributed by atoms with E-state index in [1.807, 2.05) is 29.6 Å². The molecule has 1 heterocycles. The maximum atomic E-state index is 12.8. The molecule has 0 unspecified atom stereocenters. The van der Waals surface area contributed by atoms with E-state index in [0.29, 0.717) is 10.6 Å². The molecule has 0 bridgehead atoms. The number of hydrogen-bond acceptors (Lipinski definition) is 5. The lowest BCUT2D eigenvalue weighted by molar-refractivity contribution is -0.118. The molecule has 8 heteroatoms. The lowest BCUT2D eigenvalue weighted by Crippen LogP contribution is -2.19. The van der Waals surface area contributed by atoms with E-state index in [0.717, 1.165) is 15.6 Å². The second kappa shape index (κ2) is 8.93. The summed E-state index contributed by atoms with van der Waals surface area (Å²) in [5, 5.41) is 6.47. The molecule has 0 aliphatic carbocycles. The number of carbonyl (C=O) groups is 1. The zero-order valence-electron chi connectivity index (χ0n) is 13.4. The third-order valence-electron chi connectivity index (χ3n) is 3.22. The minimum atomic E-state index is -0.316. The van der Waals surface area contributed by atoms with Gasteiger partial charge >= 0.3 is 0 Å². The van der Waals surface area contributed by atoms with Crippen LogP contribution in [-0.2, 0) is 4.79 Å². The Morgan fingerprint density at radius 3 is 2.69 bits per heavy atom. The van der Waals surface area contributed by atoms with Crippen molar-refractivity contribution in [1.29, 1.82) is 0 Å². The van der Waals surface area contributed by atoms with Gasteiger partial charge in [-0.2, -0.15) is 5.10 Å². The zero-order valence-corrected chi connectivity index (χ0v) is 15.7. The Balaban J connectivity index is 1.48. The van der Waals surface area contributed by atoms with Crippen LogP contribution in [0.1, 0.15) is 5.56 Å². The minimum absolute atomic E-state index is 0.203. The Labute approximate surface area is 163 Å². The minimum Gasteiger partial charge on any atom is -0.272 e. The predicted octanol–water partition coefficient (Wildman–Crippen LogP) is 4.85. The van der Waals surface area contributed by atoms with Crippen LogP contribution in [0.3, 0.4) is 0 Å². The number of aromatic nitrogens is 1. The number of thioether (sulfide) groups is 1. The van der Waals surface area contributed by atoms with E-state index in [-0.39, 0.29) is 17.5 Å². The molecule has 26 heavy (non-hydrogen) atoms. The monoisotopic (exact) mass is 405 g/mol. The molecule has 0 radical (unpaired) electrons. The molecule has 132 valence electrons. The van der Waals surface area contributed by atoms with Crippen molar-refractivity contribution in [3.8, 4) is 11.3 Å². The van der Waals surface area contributed by atoms with Gasteiger partial charge in [-0.25, -0.2) is 14.8 Å². The van der Waals surface area contributed by atoms with Crippen LogP contribution in [0.25, 0.3) is 11.3 Å². The number of carbonyl (C=O) groups excluding carboxylic acids is 1. The number of halogens is 2.